The Kier molecular flexibility index (Phi) is 31.3. The maximum absolute atomic E-state index is 11.7. The fourth-order valence-electron chi connectivity index (χ4n) is 11.8. The summed E-state index contributed by atoms with van der Waals surface area (Å²) in [6.07, 6.45) is 10.1. The van der Waals surface area contributed by atoms with Crippen LogP contribution in [0.5, 0.6) is 17.2 Å². The van der Waals surface area contributed by atoms with Crippen LogP contribution in [0.1, 0.15) is 235 Å². The molecule has 96 heavy (non-hydrogen) atoms. The van der Waals surface area contributed by atoms with Gasteiger partial charge in [-0.05, 0) is 202 Å². The quantitative estimate of drug-likeness (QED) is 0.0260. The van der Waals surface area contributed by atoms with Crippen LogP contribution in [0.3, 0.4) is 0 Å². The zero-order chi connectivity index (χ0) is 72.3. The number of nitrogens with one attached hydrogen (secondary N) is 1. The summed E-state index contributed by atoms with van der Waals surface area (Å²) >= 11 is 5.39. The second-order valence-corrected chi connectivity index (χ2v) is 32.4. The average Bonchev–Trinajstić information content (AvgIpc) is 1.53. The molecule has 1 amide bonds. The van der Waals surface area contributed by atoms with Gasteiger partial charge in [-0.25, -0.2) is 4.79 Å². The van der Waals surface area contributed by atoms with E-state index in [0.29, 0.717) is 19.3 Å². The summed E-state index contributed by atoms with van der Waals surface area (Å²) in [4.78, 5) is 42.5. The van der Waals surface area contributed by atoms with Crippen molar-refractivity contribution in [3.8, 4) is 17.2 Å². The van der Waals surface area contributed by atoms with Crippen molar-refractivity contribution in [2.24, 2.45) is 16.2 Å². The first-order chi connectivity index (χ1) is 44.9. The molecule has 0 saturated carbocycles. The van der Waals surface area contributed by atoms with Gasteiger partial charge in [-0.1, -0.05) is 140 Å². The Labute approximate surface area is 590 Å². The maximum Gasteiger partial charge on any atom is 0.330 e. The molecule has 6 aromatic rings. The number of amides is 1. The van der Waals surface area contributed by atoms with Gasteiger partial charge in [-0.3, -0.25) is 9.59 Å². The summed E-state index contributed by atoms with van der Waals surface area (Å²) in [5.74, 6) is 2.02. The molecule has 3 unspecified atom stereocenters. The normalized spacial score (nSPS) is 13.2. The molecule has 0 aliphatic heterocycles. The molecule has 4 N–H and O–H groups in total. The number of hydrogen-bond acceptors (Lipinski definition) is 14. The smallest absolute Gasteiger partial charge is 0.330 e. The van der Waals surface area contributed by atoms with Crippen LogP contribution in [0.4, 0.5) is 0 Å². The second-order valence-electron chi connectivity index (χ2n) is 29.1. The minimum Gasteiger partial charge on any atom is -0.491 e. The lowest BCUT2D eigenvalue weighted by atomic mass is 9.74. The molecule has 0 saturated heterocycles. The van der Waals surface area contributed by atoms with Crippen LogP contribution in [-0.2, 0) is 52.9 Å². The number of methoxy groups -OCH3 is 2. The molecule has 0 bridgehead atoms. The summed E-state index contributed by atoms with van der Waals surface area (Å²) in [7, 11) is 4.51. The van der Waals surface area contributed by atoms with Gasteiger partial charge < -0.3 is 44.3 Å². The summed E-state index contributed by atoms with van der Waals surface area (Å²) in [5, 5.41) is 33.7. The van der Waals surface area contributed by atoms with E-state index in [1.807, 2.05) is 109 Å². The fraction of sp³-hybridized carbons (Fsp3) is 0.568. The molecule has 3 aromatic heterocycles. The molecule has 0 aliphatic carbocycles. The lowest BCUT2D eigenvalue weighted by Gasteiger charge is -2.32. The predicted molar refractivity (Wildman–Crippen MR) is 401 cm³/mol. The van der Waals surface area contributed by atoms with E-state index in [9.17, 15) is 29.7 Å². The molecular weight excluding hydrogens is 1260 g/mol. The first-order valence-corrected chi connectivity index (χ1v) is 37.0. The van der Waals surface area contributed by atoms with E-state index in [1.165, 1.54) is 72.5 Å². The van der Waals surface area contributed by atoms with Crippen molar-refractivity contribution >= 4 is 57.9 Å². The molecule has 0 aliphatic rings. The van der Waals surface area contributed by atoms with Gasteiger partial charge in [-0.15, -0.1) is 34.0 Å². The topological polar surface area (TPSA) is 170 Å². The SMILES string of the molecule is CCC(CC)(c1ccc(OCC(O)C(C)(C)C)c(C)c1)c1cc(C)c(/C=C/C(=O)OC)s1.CCC(CC)(c1ccc(OCC(O)C(C)(C)C)c(C)c1)c1cc(C)c(CCC(=O)NC)s1.CCC(CC)(c1ccc(OCC(O)C(C)(C)C)c(C)c1)c1cc(C)c(CCC(=O)OC)s1. The van der Waals surface area contributed by atoms with Crippen molar-refractivity contribution in [3.05, 3.63) is 158 Å². The zero-order valence-electron chi connectivity index (χ0n) is 62.8. The third kappa shape index (κ3) is 21.4. The molecule has 6 rings (SSSR count). The maximum atomic E-state index is 11.7. The Balaban J connectivity index is 0.000000306. The number of rotatable bonds is 29. The van der Waals surface area contributed by atoms with Gasteiger partial charge in [-0.2, -0.15) is 0 Å². The third-order valence-electron chi connectivity index (χ3n) is 19.6. The number of aliphatic hydroxyl groups excluding tert-OH is 3. The Bertz CT molecular complexity index is 3330. The highest BCUT2D eigenvalue weighted by Crippen LogP contribution is 2.48. The number of carbonyl (C=O) groups is 3. The Hall–Kier alpha value is -5.81. The standard InChI is InChI=1S/C27H41NO3S.C27H40O4S.C27H38O4S/c1-9-27(10-2,24-16-19(4)22(32-24)13-14-25(30)28-8)20-11-12-21(18(3)15-20)31-17-23(29)26(5,6)7;2*1-9-27(10-2,24-16-19(4)22(32-24)13-14-25(29)30-8)20-11-12-21(18(3)15-20)31-17-23(28)26(5,6)7/h11-12,15-16,23,29H,9-10,13-14,17H2,1-8H3,(H,28,30);11-12,15-16,23,28H,9-10,13-14,17H2,1-8H3;11-16,23,28H,9-10,17H2,1-8H3/b;;14-13+. The van der Waals surface area contributed by atoms with Gasteiger partial charge >= 0.3 is 11.9 Å². The molecule has 3 heterocycles. The first-order valence-electron chi connectivity index (χ1n) is 34.5. The minimum atomic E-state index is -0.530. The summed E-state index contributed by atoms with van der Waals surface area (Å²) in [6, 6.07) is 26.2. The molecule has 12 nitrogen and oxygen atoms in total. The Morgan fingerprint density at radius 3 is 1.07 bits per heavy atom. The van der Waals surface area contributed by atoms with E-state index in [2.05, 4.69) is 143 Å². The monoisotopic (exact) mass is 1380 g/mol. The number of thiophene rings is 3. The van der Waals surface area contributed by atoms with Crippen LogP contribution >= 0.6 is 34.0 Å². The van der Waals surface area contributed by atoms with Crippen molar-refractivity contribution in [1.82, 2.24) is 5.32 Å². The first kappa shape index (κ1) is 82.6. The molecule has 3 aromatic carbocycles. The molecule has 0 fully saturated rings. The van der Waals surface area contributed by atoms with Crippen molar-refractivity contribution in [3.63, 3.8) is 0 Å². The number of hydrogen-bond donors (Lipinski definition) is 4. The summed E-state index contributed by atoms with van der Waals surface area (Å²) < 4.78 is 27.4. The molecule has 0 spiro atoms. The Morgan fingerprint density at radius 2 is 0.781 bits per heavy atom. The molecule has 0 radical (unpaired) electrons. The number of ether oxygens (including phenoxy) is 5. The van der Waals surface area contributed by atoms with Gasteiger partial charge in [0, 0.05) is 65.1 Å². The Morgan fingerprint density at radius 1 is 0.458 bits per heavy atom. The molecule has 3 atom stereocenters. The van der Waals surface area contributed by atoms with E-state index in [4.69, 9.17) is 23.7 Å². The van der Waals surface area contributed by atoms with Crippen LogP contribution in [-0.4, -0.2) is 92.6 Å². The van der Waals surface area contributed by atoms with E-state index in [-0.39, 0.29) is 70.2 Å². The fourth-order valence-corrected chi connectivity index (χ4v) is 16.3. The van der Waals surface area contributed by atoms with Crippen LogP contribution in [0.2, 0.25) is 0 Å². The van der Waals surface area contributed by atoms with Crippen molar-refractivity contribution in [1.29, 1.82) is 0 Å². The van der Waals surface area contributed by atoms with Crippen LogP contribution in [0.15, 0.2) is 78.9 Å². The van der Waals surface area contributed by atoms with E-state index < -0.39 is 18.3 Å². The van der Waals surface area contributed by atoms with E-state index in [0.717, 1.165) is 89.3 Å². The molecular formula is C81H119NO11S3. The number of aliphatic hydroxyl groups is 3. The van der Waals surface area contributed by atoms with Gasteiger partial charge in [0.15, 0.2) is 0 Å². The van der Waals surface area contributed by atoms with Crippen molar-refractivity contribution < 1.29 is 53.4 Å². The molecule has 15 heteroatoms. The van der Waals surface area contributed by atoms with Crippen LogP contribution in [0.25, 0.3) is 6.08 Å². The van der Waals surface area contributed by atoms with Gasteiger partial charge in [0.05, 0.1) is 39.0 Å². The zero-order valence-corrected chi connectivity index (χ0v) is 65.3. The predicted octanol–water partition coefficient (Wildman–Crippen LogP) is 18.7. The van der Waals surface area contributed by atoms with E-state index >= 15 is 0 Å². The number of carbonyl (C=O) groups excluding carboxylic acids is 3. The average molecular weight is 1380 g/mol. The number of aryl methyl sites for hydroxylation is 8. The van der Waals surface area contributed by atoms with Gasteiger partial charge in [0.1, 0.15) is 37.1 Å². The highest BCUT2D eigenvalue weighted by atomic mass is 32.1. The number of benzene rings is 3. The second kappa shape index (κ2) is 36.3. The number of esters is 2. The van der Waals surface area contributed by atoms with E-state index in [1.54, 1.807) is 18.4 Å². The van der Waals surface area contributed by atoms with Crippen LogP contribution in [0, 0.1) is 57.8 Å². The largest absolute Gasteiger partial charge is 0.491 e. The van der Waals surface area contributed by atoms with Crippen LogP contribution < -0.4 is 19.5 Å². The van der Waals surface area contributed by atoms with Crippen molar-refractivity contribution in [2.75, 3.05) is 41.1 Å². The molecule has 532 valence electrons. The summed E-state index contributed by atoms with van der Waals surface area (Å²) in [6.45, 7) is 44.9. The lowest BCUT2D eigenvalue weighted by Crippen LogP contribution is -2.32. The van der Waals surface area contributed by atoms with Crippen molar-refractivity contribution in [2.45, 2.75) is 244 Å². The third-order valence-corrected chi connectivity index (χ3v) is 24.0. The van der Waals surface area contributed by atoms with Gasteiger partial charge in [0.2, 0.25) is 5.91 Å². The summed E-state index contributed by atoms with van der Waals surface area (Å²) in [5.41, 5.74) is 9.85. The minimum absolute atomic E-state index is 0.0606. The highest BCUT2D eigenvalue weighted by Gasteiger charge is 2.37. The van der Waals surface area contributed by atoms with Gasteiger partial charge in [0.25, 0.3) is 0 Å². The lowest BCUT2D eigenvalue weighted by molar-refractivity contribution is -0.140. The highest BCUT2D eigenvalue weighted by molar-refractivity contribution is 7.13.